The van der Waals surface area contributed by atoms with E-state index < -0.39 is 0 Å². The molecule has 2 heterocycles. The number of para-hydroxylation sites is 1. The molecule has 0 spiro atoms. The molecule has 1 amide bonds. The van der Waals surface area contributed by atoms with Gasteiger partial charge in [0.15, 0.2) is 0 Å². The van der Waals surface area contributed by atoms with Crippen LogP contribution in [0.2, 0.25) is 0 Å². The standard InChI is InChI=1S/C20H21N5OS/c1-14-8-6-11-17(15(14)2)25-20(21-22-23-25)27-18-12-7-13-24(19(18)26)16-9-4-3-5-10-16/h3-6,8-11,18H,7,12-13H2,1-2H3. The van der Waals surface area contributed by atoms with Crippen LogP contribution in [0.1, 0.15) is 24.0 Å². The summed E-state index contributed by atoms with van der Waals surface area (Å²) in [7, 11) is 0. The second kappa shape index (κ2) is 7.52. The number of tetrazole rings is 1. The monoisotopic (exact) mass is 379 g/mol. The van der Waals surface area contributed by atoms with Crippen molar-refractivity contribution < 1.29 is 4.79 Å². The average molecular weight is 379 g/mol. The number of thioether (sulfide) groups is 1. The lowest BCUT2D eigenvalue weighted by Gasteiger charge is -2.31. The van der Waals surface area contributed by atoms with Crippen LogP contribution in [0.5, 0.6) is 0 Å². The molecule has 6 nitrogen and oxygen atoms in total. The first-order chi connectivity index (χ1) is 13.1. The molecule has 0 bridgehead atoms. The van der Waals surface area contributed by atoms with Crippen LogP contribution in [-0.2, 0) is 4.79 Å². The summed E-state index contributed by atoms with van der Waals surface area (Å²) in [6.45, 7) is 4.88. The highest BCUT2D eigenvalue weighted by molar-refractivity contribution is 8.00. The molecule has 0 N–H and O–H groups in total. The van der Waals surface area contributed by atoms with Gasteiger partial charge in [0, 0.05) is 12.2 Å². The molecule has 138 valence electrons. The number of amides is 1. The van der Waals surface area contributed by atoms with Gasteiger partial charge < -0.3 is 4.90 Å². The molecule has 27 heavy (non-hydrogen) atoms. The highest BCUT2D eigenvalue weighted by atomic mass is 32.2. The van der Waals surface area contributed by atoms with Gasteiger partial charge in [0.2, 0.25) is 11.1 Å². The van der Waals surface area contributed by atoms with Gasteiger partial charge in [-0.1, -0.05) is 42.1 Å². The zero-order valence-electron chi connectivity index (χ0n) is 15.4. The van der Waals surface area contributed by atoms with Crippen molar-refractivity contribution >= 4 is 23.4 Å². The van der Waals surface area contributed by atoms with Crippen LogP contribution in [0.15, 0.2) is 53.7 Å². The van der Waals surface area contributed by atoms with Crippen LogP contribution in [0.3, 0.4) is 0 Å². The van der Waals surface area contributed by atoms with Crippen molar-refractivity contribution in [3.8, 4) is 5.69 Å². The Morgan fingerprint density at radius 1 is 1.07 bits per heavy atom. The number of benzene rings is 2. The van der Waals surface area contributed by atoms with Gasteiger partial charge in [-0.05, 0) is 66.4 Å². The van der Waals surface area contributed by atoms with E-state index in [1.807, 2.05) is 47.4 Å². The molecular weight excluding hydrogens is 358 g/mol. The molecular formula is C20H21N5OS. The largest absolute Gasteiger partial charge is 0.311 e. The normalized spacial score (nSPS) is 17.3. The molecule has 1 aromatic heterocycles. The van der Waals surface area contributed by atoms with Crippen molar-refractivity contribution in [2.24, 2.45) is 0 Å². The lowest BCUT2D eigenvalue weighted by Crippen LogP contribution is -2.43. The third-order valence-corrected chi connectivity index (χ3v) is 6.14. The van der Waals surface area contributed by atoms with E-state index in [0.29, 0.717) is 5.16 Å². The Morgan fingerprint density at radius 2 is 1.89 bits per heavy atom. The number of aryl methyl sites for hydroxylation is 1. The number of hydrogen-bond acceptors (Lipinski definition) is 5. The second-order valence-corrected chi connectivity index (χ2v) is 7.84. The number of aromatic nitrogens is 4. The lowest BCUT2D eigenvalue weighted by atomic mass is 10.1. The highest BCUT2D eigenvalue weighted by Gasteiger charge is 2.32. The van der Waals surface area contributed by atoms with Crippen molar-refractivity contribution in [2.45, 2.75) is 37.1 Å². The van der Waals surface area contributed by atoms with E-state index in [4.69, 9.17) is 0 Å². The number of carbonyl (C=O) groups excluding carboxylic acids is 1. The van der Waals surface area contributed by atoms with E-state index in [9.17, 15) is 4.79 Å². The van der Waals surface area contributed by atoms with Crippen LogP contribution >= 0.6 is 11.8 Å². The minimum atomic E-state index is -0.186. The van der Waals surface area contributed by atoms with Gasteiger partial charge in [-0.15, -0.1) is 5.10 Å². The first-order valence-corrected chi connectivity index (χ1v) is 9.91. The smallest absolute Gasteiger partial charge is 0.240 e. The maximum absolute atomic E-state index is 13.0. The summed E-state index contributed by atoms with van der Waals surface area (Å²) in [5.41, 5.74) is 4.21. The lowest BCUT2D eigenvalue weighted by molar-refractivity contribution is -0.119. The number of rotatable bonds is 4. The third kappa shape index (κ3) is 3.47. The number of nitrogens with zero attached hydrogens (tertiary/aromatic N) is 5. The average Bonchev–Trinajstić information content (AvgIpc) is 3.14. The van der Waals surface area contributed by atoms with E-state index in [1.165, 1.54) is 17.3 Å². The Kier molecular flexibility index (Phi) is 4.94. The molecule has 4 rings (SSSR count). The first kappa shape index (κ1) is 17.7. The topological polar surface area (TPSA) is 63.9 Å². The first-order valence-electron chi connectivity index (χ1n) is 9.03. The van der Waals surface area contributed by atoms with Crippen molar-refractivity contribution in [1.82, 2.24) is 20.2 Å². The maximum atomic E-state index is 13.0. The number of piperidine rings is 1. The molecule has 1 fully saturated rings. The van der Waals surface area contributed by atoms with Gasteiger partial charge in [0.1, 0.15) is 0 Å². The predicted molar refractivity (Wildman–Crippen MR) is 106 cm³/mol. The number of hydrogen-bond donors (Lipinski definition) is 0. The summed E-state index contributed by atoms with van der Waals surface area (Å²) < 4.78 is 1.74. The zero-order valence-corrected chi connectivity index (χ0v) is 16.2. The summed E-state index contributed by atoms with van der Waals surface area (Å²) in [6, 6.07) is 15.9. The van der Waals surface area contributed by atoms with Crippen molar-refractivity contribution in [2.75, 3.05) is 11.4 Å². The molecule has 3 aromatic rings. The van der Waals surface area contributed by atoms with Gasteiger partial charge in [0.05, 0.1) is 10.9 Å². The quantitative estimate of drug-likeness (QED) is 0.693. The van der Waals surface area contributed by atoms with Gasteiger partial charge in [-0.2, -0.15) is 4.68 Å². The fourth-order valence-electron chi connectivity index (χ4n) is 3.31. The van der Waals surface area contributed by atoms with E-state index in [1.54, 1.807) is 4.68 Å². The Labute approximate surface area is 162 Å². The number of carbonyl (C=O) groups is 1. The van der Waals surface area contributed by atoms with E-state index in [0.717, 1.165) is 36.3 Å². The minimum absolute atomic E-state index is 0.118. The molecule has 0 saturated carbocycles. The van der Waals surface area contributed by atoms with Crippen LogP contribution in [-0.4, -0.2) is 37.9 Å². The van der Waals surface area contributed by atoms with Crippen LogP contribution in [0, 0.1) is 13.8 Å². The molecule has 1 aliphatic heterocycles. The van der Waals surface area contributed by atoms with Gasteiger partial charge in [-0.3, -0.25) is 4.79 Å². The molecule has 7 heteroatoms. The summed E-state index contributed by atoms with van der Waals surface area (Å²) in [5.74, 6) is 0.118. The Morgan fingerprint density at radius 3 is 2.70 bits per heavy atom. The predicted octanol–water partition coefficient (Wildman–Crippen LogP) is 3.57. The summed E-state index contributed by atoms with van der Waals surface area (Å²) in [6.07, 6.45) is 1.79. The van der Waals surface area contributed by atoms with Gasteiger partial charge in [-0.25, -0.2) is 0 Å². The SMILES string of the molecule is Cc1cccc(-n2nnnc2SC2CCCN(c3ccccc3)C2=O)c1C. The Bertz CT molecular complexity index is 956. The molecule has 1 aliphatic rings. The van der Waals surface area contributed by atoms with E-state index >= 15 is 0 Å². The number of anilines is 1. The van der Waals surface area contributed by atoms with Crippen LogP contribution < -0.4 is 4.90 Å². The second-order valence-electron chi connectivity index (χ2n) is 6.67. The summed E-state index contributed by atoms with van der Waals surface area (Å²) in [4.78, 5) is 14.9. The van der Waals surface area contributed by atoms with Crippen LogP contribution in [0.25, 0.3) is 5.69 Å². The molecule has 1 saturated heterocycles. The third-order valence-electron chi connectivity index (χ3n) is 4.95. The zero-order chi connectivity index (χ0) is 18.8. The minimum Gasteiger partial charge on any atom is -0.311 e. The fourth-order valence-corrected chi connectivity index (χ4v) is 4.40. The molecule has 0 aliphatic carbocycles. The van der Waals surface area contributed by atoms with Crippen LogP contribution in [0.4, 0.5) is 5.69 Å². The fraction of sp³-hybridized carbons (Fsp3) is 0.300. The summed E-state index contributed by atoms with van der Waals surface area (Å²) in [5, 5.41) is 12.7. The van der Waals surface area contributed by atoms with Gasteiger partial charge in [0.25, 0.3) is 0 Å². The molecule has 2 aromatic carbocycles. The van der Waals surface area contributed by atoms with Crippen molar-refractivity contribution in [3.05, 3.63) is 59.7 Å². The highest BCUT2D eigenvalue weighted by Crippen LogP contribution is 2.32. The summed E-state index contributed by atoms with van der Waals surface area (Å²) >= 11 is 1.45. The Hall–Kier alpha value is -2.67. The van der Waals surface area contributed by atoms with Gasteiger partial charge >= 0.3 is 0 Å². The maximum Gasteiger partial charge on any atom is 0.240 e. The molecule has 1 unspecified atom stereocenters. The molecule has 1 atom stereocenters. The van der Waals surface area contributed by atoms with E-state index in [-0.39, 0.29) is 11.2 Å². The Balaban J connectivity index is 1.59. The van der Waals surface area contributed by atoms with Crippen molar-refractivity contribution in [1.29, 1.82) is 0 Å². The van der Waals surface area contributed by atoms with E-state index in [2.05, 4.69) is 35.4 Å². The van der Waals surface area contributed by atoms with Crippen molar-refractivity contribution in [3.63, 3.8) is 0 Å². The molecule has 0 radical (unpaired) electrons.